The maximum absolute atomic E-state index is 4.70. The second kappa shape index (κ2) is 7.94. The third kappa shape index (κ3) is 4.28. The Morgan fingerprint density at radius 3 is 2.37 bits per heavy atom. The number of rotatable bonds is 5. The standard InChI is InChI=1S/C19H22N8/c1-15-12-17(23-14-16-4-2-5-20-13-16)25-19(24-15)27-10-8-26(9-11-27)18-21-6-3-7-22-18/h2-7,12-13H,8-11,14H2,1H3,(H,23,24,25). The summed E-state index contributed by atoms with van der Waals surface area (Å²) in [5, 5.41) is 3.37. The highest BCUT2D eigenvalue weighted by Crippen LogP contribution is 2.18. The van der Waals surface area contributed by atoms with E-state index < -0.39 is 0 Å². The van der Waals surface area contributed by atoms with Gasteiger partial charge in [0.25, 0.3) is 0 Å². The Bertz CT molecular complexity index is 863. The predicted molar refractivity (Wildman–Crippen MR) is 105 cm³/mol. The number of pyridine rings is 1. The van der Waals surface area contributed by atoms with Gasteiger partial charge in [0.2, 0.25) is 11.9 Å². The lowest BCUT2D eigenvalue weighted by Gasteiger charge is -2.34. The first-order chi connectivity index (χ1) is 13.3. The molecule has 4 heterocycles. The Kier molecular flexibility index (Phi) is 5.04. The third-order valence-corrected chi connectivity index (χ3v) is 4.44. The van der Waals surface area contributed by atoms with Crippen molar-refractivity contribution in [2.75, 3.05) is 41.3 Å². The minimum atomic E-state index is 0.683. The number of hydrogen-bond donors (Lipinski definition) is 1. The van der Waals surface area contributed by atoms with E-state index in [2.05, 4.69) is 35.1 Å². The Morgan fingerprint density at radius 2 is 1.67 bits per heavy atom. The van der Waals surface area contributed by atoms with Gasteiger partial charge in [-0.3, -0.25) is 4.98 Å². The first kappa shape index (κ1) is 17.1. The Balaban J connectivity index is 1.41. The van der Waals surface area contributed by atoms with E-state index in [-0.39, 0.29) is 0 Å². The molecule has 1 saturated heterocycles. The molecule has 3 aromatic heterocycles. The van der Waals surface area contributed by atoms with Crippen LogP contribution in [0.25, 0.3) is 0 Å². The zero-order valence-electron chi connectivity index (χ0n) is 15.3. The van der Waals surface area contributed by atoms with E-state index in [4.69, 9.17) is 4.98 Å². The van der Waals surface area contributed by atoms with E-state index in [0.717, 1.165) is 55.2 Å². The number of piperazine rings is 1. The number of nitrogens with one attached hydrogen (secondary N) is 1. The van der Waals surface area contributed by atoms with Gasteiger partial charge in [-0.25, -0.2) is 15.0 Å². The molecule has 8 nitrogen and oxygen atoms in total. The number of nitrogens with zero attached hydrogens (tertiary/aromatic N) is 7. The fraction of sp³-hybridized carbons (Fsp3) is 0.316. The lowest BCUT2D eigenvalue weighted by molar-refractivity contribution is 0.627. The Labute approximate surface area is 158 Å². The first-order valence-corrected chi connectivity index (χ1v) is 9.03. The molecule has 0 bridgehead atoms. The molecule has 1 fully saturated rings. The lowest BCUT2D eigenvalue weighted by atomic mass is 10.3. The van der Waals surface area contributed by atoms with Gasteiger partial charge in [-0.2, -0.15) is 4.98 Å². The van der Waals surface area contributed by atoms with Crippen LogP contribution in [0.5, 0.6) is 0 Å². The molecule has 0 amide bonds. The number of aryl methyl sites for hydroxylation is 1. The zero-order valence-corrected chi connectivity index (χ0v) is 15.3. The topological polar surface area (TPSA) is 83.0 Å². The van der Waals surface area contributed by atoms with E-state index in [0.29, 0.717) is 6.54 Å². The van der Waals surface area contributed by atoms with Gasteiger partial charge < -0.3 is 15.1 Å². The van der Waals surface area contributed by atoms with Gasteiger partial charge >= 0.3 is 0 Å². The van der Waals surface area contributed by atoms with Crippen molar-refractivity contribution in [3.63, 3.8) is 0 Å². The minimum absolute atomic E-state index is 0.683. The second-order valence-electron chi connectivity index (χ2n) is 6.43. The van der Waals surface area contributed by atoms with Gasteiger partial charge in [-0.15, -0.1) is 0 Å². The van der Waals surface area contributed by atoms with E-state index in [1.165, 1.54) is 0 Å². The fourth-order valence-electron chi connectivity index (χ4n) is 3.04. The van der Waals surface area contributed by atoms with Gasteiger partial charge in [0, 0.05) is 69.3 Å². The zero-order chi connectivity index (χ0) is 18.5. The van der Waals surface area contributed by atoms with E-state index in [9.17, 15) is 0 Å². The monoisotopic (exact) mass is 362 g/mol. The summed E-state index contributed by atoms with van der Waals surface area (Å²) in [5.41, 5.74) is 2.06. The second-order valence-corrected chi connectivity index (χ2v) is 6.43. The molecule has 3 aromatic rings. The first-order valence-electron chi connectivity index (χ1n) is 9.03. The van der Waals surface area contributed by atoms with Crippen molar-refractivity contribution < 1.29 is 0 Å². The number of hydrogen-bond acceptors (Lipinski definition) is 8. The molecular weight excluding hydrogens is 340 g/mol. The van der Waals surface area contributed by atoms with Crippen LogP contribution in [-0.4, -0.2) is 51.1 Å². The van der Waals surface area contributed by atoms with Crippen LogP contribution < -0.4 is 15.1 Å². The van der Waals surface area contributed by atoms with Crippen LogP contribution in [-0.2, 0) is 6.54 Å². The van der Waals surface area contributed by atoms with Crippen molar-refractivity contribution in [1.29, 1.82) is 0 Å². The SMILES string of the molecule is Cc1cc(NCc2cccnc2)nc(N2CCN(c3ncccn3)CC2)n1. The van der Waals surface area contributed by atoms with Crippen LogP contribution >= 0.6 is 0 Å². The number of anilines is 3. The van der Waals surface area contributed by atoms with Gasteiger partial charge in [0.1, 0.15) is 5.82 Å². The largest absolute Gasteiger partial charge is 0.366 e. The average molecular weight is 362 g/mol. The number of aromatic nitrogens is 5. The Hall–Kier alpha value is -3.29. The van der Waals surface area contributed by atoms with Gasteiger partial charge in [0.05, 0.1) is 0 Å². The van der Waals surface area contributed by atoms with Crippen LogP contribution in [0.15, 0.2) is 49.1 Å². The van der Waals surface area contributed by atoms with Crippen molar-refractivity contribution in [3.8, 4) is 0 Å². The maximum Gasteiger partial charge on any atom is 0.227 e. The highest BCUT2D eigenvalue weighted by Gasteiger charge is 2.21. The van der Waals surface area contributed by atoms with Crippen molar-refractivity contribution >= 4 is 17.7 Å². The van der Waals surface area contributed by atoms with Crippen molar-refractivity contribution in [1.82, 2.24) is 24.9 Å². The normalized spacial score (nSPS) is 14.3. The van der Waals surface area contributed by atoms with Gasteiger partial charge in [-0.05, 0) is 24.6 Å². The highest BCUT2D eigenvalue weighted by atomic mass is 15.4. The summed E-state index contributed by atoms with van der Waals surface area (Å²) in [5.74, 6) is 2.37. The molecule has 0 radical (unpaired) electrons. The van der Waals surface area contributed by atoms with E-state index in [1.54, 1.807) is 18.6 Å². The quantitative estimate of drug-likeness (QED) is 0.737. The molecule has 0 unspecified atom stereocenters. The summed E-state index contributed by atoms with van der Waals surface area (Å²) in [6.45, 7) is 6.05. The van der Waals surface area contributed by atoms with Gasteiger partial charge in [-0.1, -0.05) is 6.07 Å². The van der Waals surface area contributed by atoms with Crippen molar-refractivity contribution in [3.05, 3.63) is 60.3 Å². The van der Waals surface area contributed by atoms with E-state index >= 15 is 0 Å². The molecule has 0 saturated carbocycles. The molecule has 4 rings (SSSR count). The predicted octanol–water partition coefficient (Wildman–Crippen LogP) is 1.91. The Morgan fingerprint density at radius 1 is 0.926 bits per heavy atom. The molecule has 0 aliphatic carbocycles. The molecule has 1 aliphatic heterocycles. The highest BCUT2D eigenvalue weighted by molar-refractivity contribution is 5.45. The molecule has 27 heavy (non-hydrogen) atoms. The molecule has 1 N–H and O–H groups in total. The van der Waals surface area contributed by atoms with Crippen molar-refractivity contribution in [2.45, 2.75) is 13.5 Å². The smallest absolute Gasteiger partial charge is 0.227 e. The molecular formula is C19H22N8. The maximum atomic E-state index is 4.70. The summed E-state index contributed by atoms with van der Waals surface area (Å²) in [6.07, 6.45) is 7.18. The van der Waals surface area contributed by atoms with Crippen LogP contribution in [0.3, 0.4) is 0 Å². The van der Waals surface area contributed by atoms with Crippen LogP contribution in [0, 0.1) is 6.92 Å². The summed E-state index contributed by atoms with van der Waals surface area (Å²) in [4.78, 5) is 26.5. The molecule has 1 aliphatic rings. The van der Waals surface area contributed by atoms with Crippen LogP contribution in [0.4, 0.5) is 17.7 Å². The molecule has 0 aromatic carbocycles. The molecule has 138 valence electrons. The summed E-state index contributed by atoms with van der Waals surface area (Å²) >= 11 is 0. The molecule has 8 heteroatoms. The summed E-state index contributed by atoms with van der Waals surface area (Å²) in [6, 6.07) is 7.78. The third-order valence-electron chi connectivity index (χ3n) is 4.44. The lowest BCUT2D eigenvalue weighted by Crippen LogP contribution is -2.47. The summed E-state index contributed by atoms with van der Waals surface area (Å²) in [7, 11) is 0. The fourth-order valence-corrected chi connectivity index (χ4v) is 3.04. The molecule has 0 spiro atoms. The van der Waals surface area contributed by atoms with Crippen molar-refractivity contribution in [2.24, 2.45) is 0 Å². The minimum Gasteiger partial charge on any atom is -0.366 e. The molecule has 0 atom stereocenters. The average Bonchev–Trinajstić information content (AvgIpc) is 2.73. The van der Waals surface area contributed by atoms with Crippen LogP contribution in [0.2, 0.25) is 0 Å². The summed E-state index contributed by atoms with van der Waals surface area (Å²) < 4.78 is 0. The van der Waals surface area contributed by atoms with E-state index in [1.807, 2.05) is 37.4 Å². The van der Waals surface area contributed by atoms with Gasteiger partial charge in [0.15, 0.2) is 0 Å². The van der Waals surface area contributed by atoms with Crippen LogP contribution in [0.1, 0.15) is 11.3 Å².